The third kappa shape index (κ3) is 5.96. The highest BCUT2D eigenvalue weighted by Crippen LogP contribution is 2.66. The molecule has 0 amide bonds. The average Bonchev–Trinajstić information content (AvgIpc) is 3.37. The number of rotatable bonds is 7. The fourth-order valence-corrected chi connectivity index (χ4v) is 8.89. The summed E-state index contributed by atoms with van der Waals surface area (Å²) in [6.45, 7) is -2.24. The minimum absolute atomic E-state index is 0.328. The first-order valence-corrected chi connectivity index (χ1v) is 13.9. The van der Waals surface area contributed by atoms with Crippen molar-refractivity contribution in [1.29, 1.82) is 0 Å². The van der Waals surface area contributed by atoms with Gasteiger partial charge in [-0.05, 0) is 31.1 Å². The normalized spacial score (nSPS) is 26.7. The van der Waals surface area contributed by atoms with Gasteiger partial charge in [-0.2, -0.15) is 43.5 Å². The number of halogens is 8. The first-order valence-electron chi connectivity index (χ1n) is 10.5. The van der Waals surface area contributed by atoms with Crippen molar-refractivity contribution in [3.63, 3.8) is 0 Å². The van der Waals surface area contributed by atoms with Gasteiger partial charge in [-0.3, -0.25) is 4.55 Å². The molecule has 1 spiro atoms. The van der Waals surface area contributed by atoms with E-state index in [0.29, 0.717) is 19.3 Å². The van der Waals surface area contributed by atoms with Crippen LogP contribution in [0.3, 0.4) is 0 Å². The van der Waals surface area contributed by atoms with E-state index in [2.05, 4.69) is 9.47 Å². The zero-order valence-corrected chi connectivity index (χ0v) is 21.1. The zero-order valence-electron chi connectivity index (χ0n) is 18.6. The van der Waals surface area contributed by atoms with E-state index in [-0.39, 0.29) is 5.92 Å². The van der Waals surface area contributed by atoms with Crippen LogP contribution in [0.1, 0.15) is 19.3 Å². The lowest BCUT2D eigenvalue weighted by molar-refractivity contribution is -0.208. The van der Waals surface area contributed by atoms with E-state index in [1.807, 2.05) is 0 Å². The fourth-order valence-electron chi connectivity index (χ4n) is 4.51. The van der Waals surface area contributed by atoms with Crippen LogP contribution in [-0.4, -0.2) is 83.4 Å². The Kier molecular flexibility index (Phi) is 8.27. The lowest BCUT2D eigenvalue weighted by atomic mass is 9.94. The van der Waals surface area contributed by atoms with Gasteiger partial charge in [0, 0.05) is 11.5 Å². The molecule has 1 aliphatic heterocycles. The number of hydrogen-bond donors (Lipinski definition) is 1. The topological polar surface area (TPSA) is 133 Å². The molecule has 2 saturated carbocycles. The van der Waals surface area contributed by atoms with Gasteiger partial charge in [-0.1, -0.05) is 0 Å². The highest BCUT2D eigenvalue weighted by atomic mass is 32.2. The standard InChI is InChI=1S/C18H18F8O9S3/c19-16(20,21)11(27)33-4-14(5-34-12(28)17(22,23)24)6-36-15(37-7-14)9-2-1-8(3-9)10(15)35-13(29)18(25,26)38(30,31)32/h8-10H,1-7H2,(H,30,31,32)/t8?,9-,10?/m1/s1. The summed E-state index contributed by atoms with van der Waals surface area (Å²) in [5.41, 5.74) is -1.78. The van der Waals surface area contributed by atoms with Crippen molar-refractivity contribution < 1.29 is 76.7 Å². The number of esters is 3. The molecule has 2 bridgehead atoms. The largest absolute Gasteiger partial charge is 0.490 e. The molecule has 218 valence electrons. The predicted molar refractivity (Wildman–Crippen MR) is 111 cm³/mol. The highest BCUT2D eigenvalue weighted by Gasteiger charge is 2.66. The van der Waals surface area contributed by atoms with E-state index in [0.717, 1.165) is 23.5 Å². The van der Waals surface area contributed by atoms with Gasteiger partial charge in [-0.15, -0.1) is 23.5 Å². The Morgan fingerprint density at radius 2 is 1.32 bits per heavy atom. The monoisotopic (exact) mass is 626 g/mol. The van der Waals surface area contributed by atoms with Gasteiger partial charge >= 0.3 is 45.6 Å². The third-order valence-corrected chi connectivity index (χ3v) is 11.4. The van der Waals surface area contributed by atoms with Gasteiger partial charge in [0.2, 0.25) is 0 Å². The Labute approximate surface area is 217 Å². The maximum absolute atomic E-state index is 13.8. The summed E-state index contributed by atoms with van der Waals surface area (Å²) in [7, 11) is -6.17. The van der Waals surface area contributed by atoms with E-state index in [1.165, 1.54) is 0 Å². The summed E-state index contributed by atoms with van der Waals surface area (Å²) in [6, 6.07) is 0. The van der Waals surface area contributed by atoms with E-state index < -0.39 is 91.9 Å². The fraction of sp³-hybridized carbons (Fsp3) is 0.833. The summed E-state index contributed by atoms with van der Waals surface area (Å²) >= 11 is 1.63. The quantitative estimate of drug-likeness (QED) is 0.193. The second kappa shape index (κ2) is 10.1. The molecular weight excluding hydrogens is 608 g/mol. The Hall–Kier alpha value is -1.54. The van der Waals surface area contributed by atoms with E-state index in [9.17, 15) is 57.9 Å². The number of carbonyl (C=O) groups excluding carboxylic acids is 3. The molecular formula is C18H18F8O9S3. The Morgan fingerprint density at radius 1 is 0.842 bits per heavy atom. The van der Waals surface area contributed by atoms with Crippen molar-refractivity contribution in [3.8, 4) is 0 Å². The second-order valence-corrected chi connectivity index (χ2v) is 13.3. The van der Waals surface area contributed by atoms with Crippen molar-refractivity contribution >= 4 is 51.5 Å². The van der Waals surface area contributed by atoms with E-state index in [1.54, 1.807) is 0 Å². The van der Waals surface area contributed by atoms with Crippen LogP contribution in [0.5, 0.6) is 0 Å². The number of alkyl halides is 8. The van der Waals surface area contributed by atoms with Crippen LogP contribution in [-0.2, 0) is 38.7 Å². The van der Waals surface area contributed by atoms with Crippen molar-refractivity contribution in [2.75, 3.05) is 24.7 Å². The summed E-state index contributed by atoms with van der Waals surface area (Å²) < 4.78 is 146. The maximum Gasteiger partial charge on any atom is 0.490 e. The Balaban J connectivity index is 1.82. The molecule has 1 heterocycles. The van der Waals surface area contributed by atoms with Crippen LogP contribution >= 0.6 is 23.5 Å². The molecule has 0 aromatic heterocycles. The molecule has 3 atom stereocenters. The number of fused-ring (bicyclic) bond motifs is 3. The third-order valence-electron chi connectivity index (χ3n) is 6.35. The number of carbonyl (C=O) groups is 3. The predicted octanol–water partition coefficient (Wildman–Crippen LogP) is 3.18. The van der Waals surface area contributed by atoms with Gasteiger partial charge in [-0.25, -0.2) is 14.4 Å². The van der Waals surface area contributed by atoms with Crippen molar-refractivity contribution in [2.24, 2.45) is 17.3 Å². The number of ether oxygens (including phenoxy) is 3. The van der Waals surface area contributed by atoms with Gasteiger partial charge in [0.05, 0.1) is 5.41 Å². The van der Waals surface area contributed by atoms with Gasteiger partial charge in [0.1, 0.15) is 23.4 Å². The summed E-state index contributed by atoms with van der Waals surface area (Å²) in [5.74, 6) is -9.53. The van der Waals surface area contributed by atoms with Crippen LogP contribution in [0.15, 0.2) is 0 Å². The molecule has 0 radical (unpaired) electrons. The summed E-state index contributed by atoms with van der Waals surface area (Å²) in [5, 5.41) is -5.29. The minimum atomic E-state index is -6.17. The molecule has 3 aliphatic rings. The molecule has 3 fully saturated rings. The van der Waals surface area contributed by atoms with Crippen LogP contribution in [0, 0.1) is 17.3 Å². The second-order valence-electron chi connectivity index (χ2n) is 9.03. The first kappa shape index (κ1) is 31.0. The van der Waals surface area contributed by atoms with Crippen LogP contribution in [0.25, 0.3) is 0 Å². The van der Waals surface area contributed by atoms with Gasteiger partial charge in [0.15, 0.2) is 0 Å². The van der Waals surface area contributed by atoms with Gasteiger partial charge in [0.25, 0.3) is 0 Å². The summed E-state index contributed by atoms with van der Waals surface area (Å²) in [4.78, 5) is 34.4. The van der Waals surface area contributed by atoms with Crippen molar-refractivity contribution in [3.05, 3.63) is 0 Å². The lowest BCUT2D eigenvalue weighted by Gasteiger charge is -2.49. The molecule has 38 heavy (non-hydrogen) atoms. The maximum atomic E-state index is 13.8. The molecule has 3 rings (SSSR count). The SMILES string of the molecule is O=C(OCC1(COC(=O)C(F)(F)F)CSC2(SC1)C(OC(=O)C(F)(F)S(=O)(=O)O)C1CC[C@@H]2C1)C(F)(F)F. The molecule has 2 aliphatic carbocycles. The molecule has 1 N–H and O–H groups in total. The first-order chi connectivity index (χ1) is 17.1. The van der Waals surface area contributed by atoms with Crippen LogP contribution in [0.2, 0.25) is 0 Å². The van der Waals surface area contributed by atoms with Crippen molar-refractivity contribution in [2.45, 2.75) is 47.1 Å². The zero-order chi connectivity index (χ0) is 28.9. The van der Waals surface area contributed by atoms with E-state index in [4.69, 9.17) is 9.29 Å². The molecule has 20 heteroatoms. The molecule has 2 unspecified atom stereocenters. The molecule has 9 nitrogen and oxygen atoms in total. The van der Waals surface area contributed by atoms with Gasteiger partial charge < -0.3 is 14.2 Å². The molecule has 1 saturated heterocycles. The summed E-state index contributed by atoms with van der Waals surface area (Å²) in [6.07, 6.45) is -11.0. The molecule has 0 aromatic carbocycles. The highest BCUT2D eigenvalue weighted by molar-refractivity contribution is 8.19. The van der Waals surface area contributed by atoms with Crippen molar-refractivity contribution in [1.82, 2.24) is 0 Å². The minimum Gasteiger partial charge on any atom is -0.458 e. The average molecular weight is 627 g/mol. The Morgan fingerprint density at radius 3 is 1.74 bits per heavy atom. The van der Waals surface area contributed by atoms with Crippen LogP contribution in [0.4, 0.5) is 35.1 Å². The number of hydrogen-bond acceptors (Lipinski definition) is 10. The Bertz CT molecular complexity index is 1040. The number of thioether (sulfide) groups is 2. The van der Waals surface area contributed by atoms with Crippen LogP contribution < -0.4 is 0 Å². The van der Waals surface area contributed by atoms with E-state index >= 15 is 0 Å². The smallest absolute Gasteiger partial charge is 0.458 e. The molecule has 0 aromatic rings. The lowest BCUT2D eigenvalue weighted by Crippen LogP contribution is -2.54.